The van der Waals surface area contributed by atoms with Crippen LogP contribution in [0.2, 0.25) is 0 Å². The van der Waals surface area contributed by atoms with E-state index in [9.17, 15) is 63.0 Å². The van der Waals surface area contributed by atoms with Gasteiger partial charge in [-0.25, -0.2) is 0 Å². The Kier molecular flexibility index (Phi) is 30.8. The largest absolute Gasteiger partial charge is 0.391 e. The van der Waals surface area contributed by atoms with E-state index in [4.69, 9.17) is 5.73 Å². The van der Waals surface area contributed by atoms with E-state index in [0.717, 1.165) is 14.7 Å². The number of primary amides is 1. The number of hydrogen-bond donors (Lipinski definition) is 6. The van der Waals surface area contributed by atoms with E-state index < -0.39 is 138 Å². The standard InChI is InChI=1S/C55H99N11O13/c1-22-24-25-34(11)46(70)45(49(73)59-38(23-2)52(76)61(16)29-42(69)64(19)44(37(14)67)47(56)71)66(21)55(79)43(32(7)8)65(20)54(78)40(27-31(5)6)63(18)53(77)39(26-30(3)4)62(17)51(75)36(13)58-48(72)35(12)57-41(68)28-60(15)50(74)33(9)10/h22,24,30-40,43-46,67,70H,23,25-29H2,1-21H3,(H2,56,71)(H,57,68)(H,58,72)(H,59,73)/b24-22-/t34-,35-,36+,37+,38+,39+,40-,43-,44?,45?,46+/m1/s1. The van der Waals surface area contributed by atoms with Gasteiger partial charge in [-0.3, -0.25) is 52.7 Å². The van der Waals surface area contributed by atoms with Gasteiger partial charge in [0.25, 0.3) is 0 Å². The number of aliphatic hydroxyl groups excluding tert-OH is 2. The highest BCUT2D eigenvalue weighted by atomic mass is 16.3. The number of rotatable bonds is 32. The van der Waals surface area contributed by atoms with Gasteiger partial charge in [-0.2, -0.15) is 0 Å². The molecule has 0 aliphatic carbocycles. The molecule has 0 aliphatic rings. The second-order valence-corrected chi connectivity index (χ2v) is 22.6. The quantitative estimate of drug-likeness (QED) is 0.0491. The highest BCUT2D eigenvalue weighted by Crippen LogP contribution is 2.25. The van der Waals surface area contributed by atoms with Crippen molar-refractivity contribution in [2.75, 3.05) is 62.4 Å². The minimum atomic E-state index is -1.62. The summed E-state index contributed by atoms with van der Waals surface area (Å²) in [6.45, 7) is 22.6. The average molecular weight is 1120 g/mol. The number of carbonyl (C=O) groups excluding carboxylic acids is 11. The Morgan fingerprint density at radius 1 is 0.519 bits per heavy atom. The number of likely N-dealkylation sites (N-methyl/N-ethyl adjacent to an activating group) is 7. The zero-order valence-electron chi connectivity index (χ0n) is 51.2. The number of nitrogens with zero attached hydrogens (tertiary/aromatic N) is 7. The third-order valence-electron chi connectivity index (χ3n) is 14.0. The van der Waals surface area contributed by atoms with E-state index in [-0.39, 0.29) is 49.5 Å². The molecule has 452 valence electrons. The monoisotopic (exact) mass is 1120 g/mol. The summed E-state index contributed by atoms with van der Waals surface area (Å²) in [7, 11) is 9.63. The summed E-state index contributed by atoms with van der Waals surface area (Å²) in [4.78, 5) is 158. The highest BCUT2D eigenvalue weighted by molar-refractivity contribution is 5.98. The second kappa shape index (κ2) is 33.4. The maximum atomic E-state index is 15.0. The van der Waals surface area contributed by atoms with Crippen LogP contribution in [0.5, 0.6) is 0 Å². The summed E-state index contributed by atoms with van der Waals surface area (Å²) in [6, 6.07) is -10.1. The minimum absolute atomic E-state index is 0.0148. The van der Waals surface area contributed by atoms with Crippen LogP contribution >= 0.6 is 0 Å². The highest BCUT2D eigenvalue weighted by Gasteiger charge is 2.45. The molecule has 0 fully saturated rings. The zero-order chi connectivity index (χ0) is 61.8. The van der Waals surface area contributed by atoms with Crippen LogP contribution in [-0.4, -0.2) is 232 Å². The lowest BCUT2D eigenvalue weighted by atomic mass is 9.91. The van der Waals surface area contributed by atoms with Crippen molar-refractivity contribution in [2.45, 2.75) is 183 Å². The van der Waals surface area contributed by atoms with Crippen LogP contribution < -0.4 is 21.7 Å². The van der Waals surface area contributed by atoms with Crippen molar-refractivity contribution in [3.63, 3.8) is 0 Å². The first-order valence-electron chi connectivity index (χ1n) is 27.3. The van der Waals surface area contributed by atoms with Crippen LogP contribution in [0.15, 0.2) is 12.2 Å². The topological polar surface area (TPSA) is 313 Å². The van der Waals surface area contributed by atoms with Gasteiger partial charge in [0.05, 0.1) is 25.3 Å². The lowest BCUT2D eigenvalue weighted by molar-refractivity contribution is -0.157. The number of carbonyl (C=O) groups is 11. The van der Waals surface area contributed by atoms with Crippen LogP contribution in [0.25, 0.3) is 0 Å². The number of aliphatic hydroxyl groups is 2. The van der Waals surface area contributed by atoms with Crippen LogP contribution in [0.4, 0.5) is 0 Å². The van der Waals surface area contributed by atoms with Crippen LogP contribution in [0.1, 0.15) is 123 Å². The first-order valence-corrected chi connectivity index (χ1v) is 27.3. The smallest absolute Gasteiger partial charge is 0.246 e. The van der Waals surface area contributed by atoms with Gasteiger partial charge in [-0.1, -0.05) is 81.4 Å². The van der Waals surface area contributed by atoms with Gasteiger partial charge >= 0.3 is 0 Å². The summed E-state index contributed by atoms with van der Waals surface area (Å²) in [5, 5.41) is 29.8. The summed E-state index contributed by atoms with van der Waals surface area (Å²) < 4.78 is 0. The molecule has 2 unspecified atom stereocenters. The predicted molar refractivity (Wildman–Crippen MR) is 300 cm³/mol. The normalized spacial score (nSPS) is 15.8. The summed E-state index contributed by atoms with van der Waals surface area (Å²) in [5.74, 6) is -9.29. The Morgan fingerprint density at radius 2 is 0.987 bits per heavy atom. The average Bonchev–Trinajstić information content (AvgIpc) is 3.35. The third kappa shape index (κ3) is 21.4. The molecule has 0 aromatic heterocycles. The molecule has 0 spiro atoms. The minimum Gasteiger partial charge on any atom is -0.391 e. The molecule has 0 aromatic carbocycles. The maximum Gasteiger partial charge on any atom is 0.246 e. The number of hydrogen-bond acceptors (Lipinski definition) is 13. The van der Waals surface area contributed by atoms with E-state index in [1.165, 1.54) is 89.7 Å². The van der Waals surface area contributed by atoms with Gasteiger partial charge in [-0.05, 0) is 77.0 Å². The molecular weight excluding hydrogens is 1020 g/mol. The van der Waals surface area contributed by atoms with Crippen molar-refractivity contribution in [3.05, 3.63) is 12.2 Å². The Bertz CT molecular complexity index is 2140. The van der Waals surface area contributed by atoms with Gasteiger partial charge < -0.3 is 66.2 Å². The van der Waals surface area contributed by atoms with Crippen LogP contribution in [-0.2, 0) is 52.7 Å². The molecule has 0 aromatic rings. The number of nitrogens with two attached hydrogens (primary N) is 1. The fourth-order valence-corrected chi connectivity index (χ4v) is 9.22. The molecule has 0 saturated carbocycles. The van der Waals surface area contributed by atoms with Crippen LogP contribution in [0.3, 0.4) is 0 Å². The number of allylic oxidation sites excluding steroid dienone is 2. The summed E-state index contributed by atoms with van der Waals surface area (Å²) in [6.07, 6.45) is 1.33. The summed E-state index contributed by atoms with van der Waals surface area (Å²) in [5.41, 5.74) is 5.41. The van der Waals surface area contributed by atoms with Crippen molar-refractivity contribution in [2.24, 2.45) is 35.3 Å². The zero-order valence-corrected chi connectivity index (χ0v) is 51.2. The van der Waals surface area contributed by atoms with Gasteiger partial charge in [-0.15, -0.1) is 0 Å². The number of nitrogens with one attached hydrogen (secondary N) is 3. The van der Waals surface area contributed by atoms with Gasteiger partial charge in [0.1, 0.15) is 48.3 Å². The van der Waals surface area contributed by atoms with Crippen molar-refractivity contribution in [3.8, 4) is 0 Å². The first-order chi connectivity index (χ1) is 36.3. The molecule has 0 aliphatic heterocycles. The van der Waals surface area contributed by atoms with Gasteiger partial charge in [0.15, 0.2) is 0 Å². The van der Waals surface area contributed by atoms with E-state index in [1.807, 2.05) is 27.7 Å². The van der Waals surface area contributed by atoms with E-state index >= 15 is 0 Å². The van der Waals surface area contributed by atoms with Crippen molar-refractivity contribution >= 4 is 65.0 Å². The van der Waals surface area contributed by atoms with E-state index in [1.54, 1.807) is 60.6 Å². The van der Waals surface area contributed by atoms with Crippen molar-refractivity contribution in [1.82, 2.24) is 50.2 Å². The Hall–Kier alpha value is -6.17. The lowest BCUT2D eigenvalue weighted by Gasteiger charge is -2.41. The molecule has 0 bridgehead atoms. The molecule has 24 nitrogen and oxygen atoms in total. The molecule has 7 N–H and O–H groups in total. The van der Waals surface area contributed by atoms with Gasteiger partial charge in [0, 0.05) is 55.3 Å². The molecular formula is C55H99N11O13. The van der Waals surface area contributed by atoms with E-state index in [0.29, 0.717) is 6.42 Å². The predicted octanol–water partition coefficient (Wildman–Crippen LogP) is 0.176. The Labute approximate surface area is 469 Å². The fourth-order valence-electron chi connectivity index (χ4n) is 9.22. The van der Waals surface area contributed by atoms with E-state index in [2.05, 4.69) is 16.0 Å². The number of amides is 11. The molecule has 24 heteroatoms. The Balaban J connectivity index is 7.00. The molecule has 0 saturated heterocycles. The van der Waals surface area contributed by atoms with Crippen molar-refractivity contribution in [1.29, 1.82) is 0 Å². The molecule has 79 heavy (non-hydrogen) atoms. The lowest BCUT2D eigenvalue weighted by Crippen LogP contribution is -2.63. The second-order valence-electron chi connectivity index (χ2n) is 22.6. The fraction of sp³-hybridized carbons (Fsp3) is 0.764. The SMILES string of the molecule is C/C=C\C[C@@H](C)[C@H](O)C(C(=O)N[C@@H](CC)C(=O)N(C)CC(=O)N(C)C(C(N)=O)[C@H](C)O)N(C)C(=O)[C@@H](C(C)C)N(C)C(=O)[C@@H](CC(C)C)N(C)C(=O)[C@H](CC(C)C)N(C)C(=O)[C@H](C)NC(=O)[C@@H](C)NC(=O)CN(C)C(=O)C(C)C. The molecule has 0 rings (SSSR count). The molecule has 0 radical (unpaired) electrons. The maximum absolute atomic E-state index is 15.0. The molecule has 0 heterocycles. The van der Waals surface area contributed by atoms with Crippen LogP contribution in [0, 0.1) is 29.6 Å². The first kappa shape index (κ1) is 72.8. The Morgan fingerprint density at radius 3 is 1.42 bits per heavy atom. The third-order valence-corrected chi connectivity index (χ3v) is 14.0. The van der Waals surface area contributed by atoms with Crippen molar-refractivity contribution < 1.29 is 63.0 Å². The molecule has 11 amide bonds. The molecule has 11 atom stereocenters. The van der Waals surface area contributed by atoms with Gasteiger partial charge in [0.2, 0.25) is 65.0 Å². The summed E-state index contributed by atoms with van der Waals surface area (Å²) >= 11 is 0.